The van der Waals surface area contributed by atoms with E-state index in [0.717, 1.165) is 28.6 Å². The third-order valence-corrected chi connectivity index (χ3v) is 3.32. The number of hydrogen-bond acceptors (Lipinski definition) is 2. The van der Waals surface area contributed by atoms with Crippen LogP contribution >= 0.6 is 0 Å². The molecule has 106 valence electrons. The molecule has 0 aliphatic heterocycles. The maximum atomic E-state index is 13.7. The summed E-state index contributed by atoms with van der Waals surface area (Å²) in [4.78, 5) is 4.44. The van der Waals surface area contributed by atoms with Crippen molar-refractivity contribution in [2.45, 2.75) is 33.7 Å². The Labute approximate surface area is 117 Å². The minimum atomic E-state index is -0.591. The van der Waals surface area contributed by atoms with E-state index in [9.17, 15) is 8.78 Å². The third-order valence-electron chi connectivity index (χ3n) is 3.32. The quantitative estimate of drug-likeness (QED) is 0.895. The third kappa shape index (κ3) is 2.95. The second-order valence-electron chi connectivity index (χ2n) is 5.07. The number of anilines is 1. The molecule has 2 aromatic rings. The molecule has 0 saturated heterocycles. The van der Waals surface area contributed by atoms with Crippen LogP contribution in [-0.4, -0.2) is 4.98 Å². The van der Waals surface area contributed by atoms with Gasteiger partial charge in [-0.3, -0.25) is 4.98 Å². The Morgan fingerprint density at radius 2 is 1.80 bits per heavy atom. The summed E-state index contributed by atoms with van der Waals surface area (Å²) in [5.74, 6) is -1.17. The summed E-state index contributed by atoms with van der Waals surface area (Å²) in [5, 5.41) is 3.07. The minimum absolute atomic E-state index is 0.108. The molecule has 4 heteroatoms. The van der Waals surface area contributed by atoms with Crippen molar-refractivity contribution in [2.75, 3.05) is 5.32 Å². The second kappa shape index (κ2) is 5.57. The monoisotopic (exact) mass is 276 g/mol. The molecule has 0 aliphatic carbocycles. The number of hydrogen-bond donors (Lipinski definition) is 1. The van der Waals surface area contributed by atoms with Gasteiger partial charge in [-0.05, 0) is 57.0 Å². The first-order chi connectivity index (χ1) is 9.38. The van der Waals surface area contributed by atoms with Gasteiger partial charge in [0.2, 0.25) is 0 Å². The van der Waals surface area contributed by atoms with Gasteiger partial charge in [-0.1, -0.05) is 0 Å². The van der Waals surface area contributed by atoms with E-state index in [4.69, 9.17) is 0 Å². The van der Waals surface area contributed by atoms with Crippen molar-refractivity contribution in [3.8, 4) is 0 Å². The molecule has 0 aliphatic rings. The van der Waals surface area contributed by atoms with Crippen LogP contribution in [0, 0.1) is 32.4 Å². The molecule has 0 amide bonds. The van der Waals surface area contributed by atoms with Gasteiger partial charge in [-0.15, -0.1) is 0 Å². The van der Waals surface area contributed by atoms with Gasteiger partial charge in [0.05, 0.1) is 11.7 Å². The zero-order valence-corrected chi connectivity index (χ0v) is 12.1. The Hall–Kier alpha value is -1.97. The van der Waals surface area contributed by atoms with E-state index in [1.165, 1.54) is 12.1 Å². The van der Waals surface area contributed by atoms with Crippen molar-refractivity contribution in [2.24, 2.45) is 0 Å². The first kappa shape index (κ1) is 14.4. The lowest BCUT2D eigenvalue weighted by Gasteiger charge is -2.20. The highest BCUT2D eigenvalue weighted by Crippen LogP contribution is 2.26. The molecule has 0 fully saturated rings. The summed E-state index contributed by atoms with van der Waals surface area (Å²) in [6, 6.07) is 5.42. The van der Waals surface area contributed by atoms with Crippen molar-refractivity contribution in [1.82, 2.24) is 4.98 Å². The standard InChI is InChI=1S/C16H18F2N2/c1-9-7-10(2)19-11(3)16(9)12(4)20-15-6-5-13(17)8-14(15)18/h5-8,12,20H,1-4H3. The maximum Gasteiger partial charge on any atom is 0.149 e. The topological polar surface area (TPSA) is 24.9 Å². The summed E-state index contributed by atoms with van der Waals surface area (Å²) < 4.78 is 26.6. The molecular weight excluding hydrogens is 258 g/mol. The molecule has 2 nitrogen and oxygen atoms in total. The van der Waals surface area contributed by atoms with Gasteiger partial charge in [0, 0.05) is 17.5 Å². The average molecular weight is 276 g/mol. The Morgan fingerprint density at radius 3 is 2.40 bits per heavy atom. The van der Waals surface area contributed by atoms with Crippen LogP contribution in [0.5, 0.6) is 0 Å². The molecular formula is C16H18F2N2. The van der Waals surface area contributed by atoms with E-state index in [1.54, 1.807) is 0 Å². The van der Waals surface area contributed by atoms with Gasteiger partial charge >= 0.3 is 0 Å². The SMILES string of the molecule is Cc1cc(C)c(C(C)Nc2ccc(F)cc2F)c(C)n1. The first-order valence-corrected chi connectivity index (χ1v) is 6.55. The number of halogens is 2. The fraction of sp³-hybridized carbons (Fsp3) is 0.312. The van der Waals surface area contributed by atoms with Gasteiger partial charge < -0.3 is 5.32 Å². The molecule has 2 rings (SSSR count). The summed E-state index contributed by atoms with van der Waals surface area (Å²) >= 11 is 0. The lowest BCUT2D eigenvalue weighted by molar-refractivity contribution is 0.583. The largest absolute Gasteiger partial charge is 0.376 e. The fourth-order valence-electron chi connectivity index (χ4n) is 2.60. The molecule has 1 N–H and O–H groups in total. The van der Waals surface area contributed by atoms with Crippen molar-refractivity contribution in [3.05, 3.63) is 58.4 Å². The summed E-state index contributed by atoms with van der Waals surface area (Å²) in [7, 11) is 0. The van der Waals surface area contributed by atoms with Gasteiger partial charge in [0.15, 0.2) is 0 Å². The van der Waals surface area contributed by atoms with Gasteiger partial charge in [-0.2, -0.15) is 0 Å². The highest BCUT2D eigenvalue weighted by molar-refractivity contribution is 5.48. The van der Waals surface area contributed by atoms with E-state index < -0.39 is 11.6 Å². The molecule has 20 heavy (non-hydrogen) atoms. The van der Waals surface area contributed by atoms with E-state index in [1.807, 2.05) is 33.8 Å². The van der Waals surface area contributed by atoms with Crippen LogP contribution in [0.3, 0.4) is 0 Å². The van der Waals surface area contributed by atoms with Crippen LogP contribution in [0.1, 0.15) is 35.5 Å². The number of nitrogens with one attached hydrogen (secondary N) is 1. The zero-order valence-electron chi connectivity index (χ0n) is 12.1. The Bertz CT molecular complexity index is 615. The van der Waals surface area contributed by atoms with Gasteiger partial charge in [0.25, 0.3) is 0 Å². The lowest BCUT2D eigenvalue weighted by atomic mass is 10.00. The van der Waals surface area contributed by atoms with Gasteiger partial charge in [0.1, 0.15) is 11.6 Å². The summed E-state index contributed by atoms with van der Waals surface area (Å²) in [6.07, 6.45) is 0. The van der Waals surface area contributed by atoms with Crippen molar-refractivity contribution in [3.63, 3.8) is 0 Å². The summed E-state index contributed by atoms with van der Waals surface area (Å²) in [6.45, 7) is 7.83. The smallest absolute Gasteiger partial charge is 0.149 e. The van der Waals surface area contributed by atoms with Crippen LogP contribution in [0.15, 0.2) is 24.3 Å². The van der Waals surface area contributed by atoms with Crippen LogP contribution in [0.2, 0.25) is 0 Å². The molecule has 0 bridgehead atoms. The van der Waals surface area contributed by atoms with Crippen LogP contribution < -0.4 is 5.32 Å². The normalized spacial score (nSPS) is 12.3. The summed E-state index contributed by atoms with van der Waals surface area (Å²) in [5.41, 5.74) is 4.32. The predicted molar refractivity (Wildman–Crippen MR) is 76.8 cm³/mol. The van der Waals surface area contributed by atoms with Gasteiger partial charge in [-0.25, -0.2) is 8.78 Å². The molecule has 1 aromatic carbocycles. The van der Waals surface area contributed by atoms with Crippen molar-refractivity contribution >= 4 is 5.69 Å². The number of benzene rings is 1. The van der Waals surface area contributed by atoms with Crippen LogP contribution in [-0.2, 0) is 0 Å². The van der Waals surface area contributed by atoms with Crippen LogP contribution in [0.25, 0.3) is 0 Å². The fourth-order valence-corrected chi connectivity index (χ4v) is 2.60. The average Bonchev–Trinajstić information content (AvgIpc) is 2.31. The maximum absolute atomic E-state index is 13.7. The second-order valence-corrected chi connectivity index (χ2v) is 5.07. The van der Waals surface area contributed by atoms with Crippen molar-refractivity contribution < 1.29 is 8.78 Å². The Kier molecular flexibility index (Phi) is 4.02. The molecule has 1 atom stereocenters. The number of pyridine rings is 1. The number of nitrogens with zero attached hydrogens (tertiary/aromatic N) is 1. The lowest BCUT2D eigenvalue weighted by Crippen LogP contribution is -2.12. The molecule has 0 saturated carbocycles. The Balaban J connectivity index is 2.31. The highest BCUT2D eigenvalue weighted by Gasteiger charge is 2.14. The first-order valence-electron chi connectivity index (χ1n) is 6.55. The molecule has 1 aromatic heterocycles. The molecule has 0 spiro atoms. The Morgan fingerprint density at radius 1 is 1.10 bits per heavy atom. The predicted octanol–water partition coefficient (Wildman–Crippen LogP) is 4.46. The highest BCUT2D eigenvalue weighted by atomic mass is 19.1. The van der Waals surface area contributed by atoms with E-state index in [2.05, 4.69) is 10.3 Å². The minimum Gasteiger partial charge on any atom is -0.376 e. The molecule has 1 unspecified atom stereocenters. The van der Waals surface area contributed by atoms with E-state index >= 15 is 0 Å². The number of rotatable bonds is 3. The van der Waals surface area contributed by atoms with Crippen molar-refractivity contribution in [1.29, 1.82) is 0 Å². The number of aryl methyl sites for hydroxylation is 3. The molecule has 0 radical (unpaired) electrons. The van der Waals surface area contributed by atoms with Crippen LogP contribution in [0.4, 0.5) is 14.5 Å². The zero-order chi connectivity index (χ0) is 14.9. The van der Waals surface area contributed by atoms with E-state index in [0.29, 0.717) is 5.69 Å². The van der Waals surface area contributed by atoms with E-state index in [-0.39, 0.29) is 6.04 Å². The number of aromatic nitrogens is 1. The molecule has 1 heterocycles.